The fraction of sp³-hybridized carbons (Fsp3) is 0.588. The van der Waals surface area contributed by atoms with Gasteiger partial charge in [-0.05, 0) is 57.9 Å². The Morgan fingerprint density at radius 1 is 1.36 bits per heavy atom. The molecule has 0 aliphatic carbocycles. The Labute approximate surface area is 139 Å². The van der Waals surface area contributed by atoms with Crippen molar-refractivity contribution in [3.05, 3.63) is 29.8 Å². The molecule has 0 bridgehead atoms. The Kier molecular flexibility index (Phi) is 7.69. The molecule has 0 saturated carbocycles. The van der Waals surface area contributed by atoms with Crippen LogP contribution in [0.2, 0.25) is 0 Å². The van der Waals surface area contributed by atoms with Crippen LogP contribution < -0.4 is 15.4 Å². The summed E-state index contributed by atoms with van der Waals surface area (Å²) in [5, 5.41) is 6.39. The van der Waals surface area contributed by atoms with E-state index in [9.17, 15) is 4.79 Å². The number of piperidine rings is 1. The van der Waals surface area contributed by atoms with Gasteiger partial charge < -0.3 is 15.4 Å². The zero-order chi connectivity index (χ0) is 15.2. The van der Waals surface area contributed by atoms with Crippen LogP contribution in [-0.2, 0) is 4.79 Å². The Morgan fingerprint density at radius 3 is 2.77 bits per heavy atom. The van der Waals surface area contributed by atoms with Crippen molar-refractivity contribution in [3.63, 3.8) is 0 Å². The zero-order valence-corrected chi connectivity index (χ0v) is 14.4. The largest absolute Gasteiger partial charge is 0.491 e. The van der Waals surface area contributed by atoms with E-state index < -0.39 is 0 Å². The lowest BCUT2D eigenvalue weighted by molar-refractivity contribution is -0.126. The normalized spacial score (nSPS) is 19.2. The SMILES string of the molecule is CC(C)Oc1cccc(C(C)NC(=O)[C@@H]2CCCNC2)c1.Cl. The molecule has 1 aliphatic rings. The number of halogens is 1. The van der Waals surface area contributed by atoms with E-state index in [1.165, 1.54) is 0 Å². The van der Waals surface area contributed by atoms with Crippen molar-refractivity contribution < 1.29 is 9.53 Å². The van der Waals surface area contributed by atoms with E-state index in [1.807, 2.05) is 45.0 Å². The van der Waals surface area contributed by atoms with E-state index in [0.717, 1.165) is 37.2 Å². The standard InChI is InChI=1S/C17H26N2O2.ClH/c1-12(2)21-16-8-4-6-14(10-16)13(3)19-17(20)15-7-5-9-18-11-15;/h4,6,8,10,12-13,15,18H,5,7,9,11H2,1-3H3,(H,19,20);1H/t13?,15-;/m1./s1. The molecule has 22 heavy (non-hydrogen) atoms. The molecule has 5 heteroatoms. The lowest BCUT2D eigenvalue weighted by Crippen LogP contribution is -2.41. The summed E-state index contributed by atoms with van der Waals surface area (Å²) >= 11 is 0. The Balaban J connectivity index is 0.00000242. The maximum atomic E-state index is 12.3. The van der Waals surface area contributed by atoms with Crippen LogP contribution >= 0.6 is 12.4 Å². The molecule has 2 N–H and O–H groups in total. The van der Waals surface area contributed by atoms with Crippen molar-refractivity contribution in [1.29, 1.82) is 0 Å². The summed E-state index contributed by atoms with van der Waals surface area (Å²) in [4.78, 5) is 12.3. The van der Waals surface area contributed by atoms with Gasteiger partial charge in [0.1, 0.15) is 5.75 Å². The highest BCUT2D eigenvalue weighted by Crippen LogP contribution is 2.21. The smallest absolute Gasteiger partial charge is 0.224 e. The van der Waals surface area contributed by atoms with Gasteiger partial charge in [-0.25, -0.2) is 0 Å². The third kappa shape index (κ3) is 5.50. The average molecular weight is 327 g/mol. The molecule has 1 heterocycles. The topological polar surface area (TPSA) is 50.4 Å². The number of amides is 1. The van der Waals surface area contributed by atoms with E-state index in [4.69, 9.17) is 4.74 Å². The fourth-order valence-corrected chi connectivity index (χ4v) is 2.62. The first kappa shape index (κ1) is 18.8. The maximum absolute atomic E-state index is 12.3. The van der Waals surface area contributed by atoms with E-state index >= 15 is 0 Å². The summed E-state index contributed by atoms with van der Waals surface area (Å²) in [6.45, 7) is 7.84. The van der Waals surface area contributed by atoms with E-state index in [1.54, 1.807) is 0 Å². The molecule has 0 aromatic heterocycles. The fourth-order valence-electron chi connectivity index (χ4n) is 2.62. The molecular formula is C17H27ClN2O2. The number of hydrogen-bond donors (Lipinski definition) is 2. The van der Waals surface area contributed by atoms with Crippen LogP contribution in [0, 0.1) is 5.92 Å². The molecule has 1 fully saturated rings. The minimum absolute atomic E-state index is 0. The number of rotatable bonds is 5. The second-order valence-electron chi connectivity index (χ2n) is 6.01. The molecule has 1 saturated heterocycles. The first-order valence-electron chi connectivity index (χ1n) is 7.84. The second kappa shape index (κ2) is 9.01. The molecule has 4 nitrogen and oxygen atoms in total. The number of carbonyl (C=O) groups excluding carboxylic acids is 1. The monoisotopic (exact) mass is 326 g/mol. The molecule has 1 aliphatic heterocycles. The lowest BCUT2D eigenvalue weighted by Gasteiger charge is -2.24. The molecule has 124 valence electrons. The molecule has 0 radical (unpaired) electrons. The van der Waals surface area contributed by atoms with Crippen LogP contribution in [0.25, 0.3) is 0 Å². The highest BCUT2D eigenvalue weighted by molar-refractivity contribution is 5.85. The van der Waals surface area contributed by atoms with Crippen molar-refractivity contribution in [2.24, 2.45) is 5.92 Å². The van der Waals surface area contributed by atoms with Gasteiger partial charge in [0.05, 0.1) is 18.1 Å². The predicted molar refractivity (Wildman–Crippen MR) is 91.6 cm³/mol. The van der Waals surface area contributed by atoms with Gasteiger partial charge in [-0.3, -0.25) is 4.79 Å². The first-order chi connectivity index (χ1) is 10.1. The highest BCUT2D eigenvalue weighted by Gasteiger charge is 2.22. The van der Waals surface area contributed by atoms with Crippen LogP contribution in [0.15, 0.2) is 24.3 Å². The zero-order valence-electron chi connectivity index (χ0n) is 13.6. The van der Waals surface area contributed by atoms with E-state index in [-0.39, 0.29) is 36.4 Å². The lowest BCUT2D eigenvalue weighted by atomic mass is 9.98. The Bertz CT molecular complexity index is 473. The molecule has 1 unspecified atom stereocenters. The third-order valence-electron chi connectivity index (χ3n) is 3.76. The molecular weight excluding hydrogens is 300 g/mol. The van der Waals surface area contributed by atoms with Gasteiger partial charge in [-0.1, -0.05) is 12.1 Å². The van der Waals surface area contributed by atoms with Gasteiger partial charge in [0.25, 0.3) is 0 Å². The molecule has 2 atom stereocenters. The quantitative estimate of drug-likeness (QED) is 0.874. The van der Waals surface area contributed by atoms with Crippen LogP contribution in [0.1, 0.15) is 45.2 Å². The minimum atomic E-state index is -0.00450. The molecule has 0 spiro atoms. The van der Waals surface area contributed by atoms with Crippen molar-refractivity contribution in [2.45, 2.75) is 45.8 Å². The molecule has 2 rings (SSSR count). The van der Waals surface area contributed by atoms with Gasteiger partial charge in [0.15, 0.2) is 0 Å². The predicted octanol–water partition coefficient (Wildman–Crippen LogP) is 3.07. The third-order valence-corrected chi connectivity index (χ3v) is 3.76. The number of nitrogens with one attached hydrogen (secondary N) is 2. The molecule has 1 aromatic carbocycles. The van der Waals surface area contributed by atoms with E-state index in [0.29, 0.717) is 0 Å². The van der Waals surface area contributed by atoms with Crippen molar-refractivity contribution in [2.75, 3.05) is 13.1 Å². The molecule has 1 amide bonds. The summed E-state index contributed by atoms with van der Waals surface area (Å²) < 4.78 is 5.70. The number of ether oxygens (including phenoxy) is 1. The van der Waals surface area contributed by atoms with Crippen LogP contribution in [0.3, 0.4) is 0 Å². The number of carbonyl (C=O) groups is 1. The summed E-state index contributed by atoms with van der Waals surface area (Å²) in [7, 11) is 0. The summed E-state index contributed by atoms with van der Waals surface area (Å²) in [6.07, 6.45) is 2.20. The van der Waals surface area contributed by atoms with Crippen molar-refractivity contribution >= 4 is 18.3 Å². The summed E-state index contributed by atoms with van der Waals surface area (Å²) in [5.74, 6) is 1.09. The van der Waals surface area contributed by atoms with Crippen molar-refractivity contribution in [3.8, 4) is 5.75 Å². The highest BCUT2D eigenvalue weighted by atomic mass is 35.5. The van der Waals surface area contributed by atoms with Crippen LogP contribution in [0.4, 0.5) is 0 Å². The summed E-state index contributed by atoms with van der Waals surface area (Å²) in [6, 6.07) is 7.94. The van der Waals surface area contributed by atoms with Gasteiger partial charge in [-0.15, -0.1) is 12.4 Å². The number of hydrogen-bond acceptors (Lipinski definition) is 3. The van der Waals surface area contributed by atoms with Crippen LogP contribution in [-0.4, -0.2) is 25.1 Å². The average Bonchev–Trinajstić information content (AvgIpc) is 2.47. The Morgan fingerprint density at radius 2 is 2.14 bits per heavy atom. The van der Waals surface area contributed by atoms with Gasteiger partial charge in [-0.2, -0.15) is 0 Å². The van der Waals surface area contributed by atoms with Gasteiger partial charge in [0, 0.05) is 6.54 Å². The molecule has 1 aromatic rings. The minimum Gasteiger partial charge on any atom is -0.491 e. The van der Waals surface area contributed by atoms with Crippen molar-refractivity contribution in [1.82, 2.24) is 10.6 Å². The van der Waals surface area contributed by atoms with Crippen LogP contribution in [0.5, 0.6) is 5.75 Å². The maximum Gasteiger partial charge on any atom is 0.224 e. The van der Waals surface area contributed by atoms with Gasteiger partial charge in [0.2, 0.25) is 5.91 Å². The first-order valence-corrected chi connectivity index (χ1v) is 7.84. The number of benzene rings is 1. The van der Waals surface area contributed by atoms with Gasteiger partial charge >= 0.3 is 0 Å². The second-order valence-corrected chi connectivity index (χ2v) is 6.01. The Hall–Kier alpha value is -1.26. The summed E-state index contributed by atoms with van der Waals surface area (Å²) in [5.41, 5.74) is 1.07. The van der Waals surface area contributed by atoms with E-state index in [2.05, 4.69) is 10.6 Å².